The highest BCUT2D eigenvalue weighted by molar-refractivity contribution is 5.58. The molecule has 1 heterocycles. The summed E-state index contributed by atoms with van der Waals surface area (Å²) in [7, 11) is 0. The van der Waals surface area contributed by atoms with E-state index < -0.39 is 0 Å². The van der Waals surface area contributed by atoms with Gasteiger partial charge in [0.15, 0.2) is 0 Å². The molecule has 0 aromatic heterocycles. The molecule has 1 saturated heterocycles. The summed E-state index contributed by atoms with van der Waals surface area (Å²) in [6.45, 7) is 2.93. The zero-order valence-corrected chi connectivity index (χ0v) is 10.2. The molecule has 1 aliphatic carbocycles. The third-order valence-corrected chi connectivity index (χ3v) is 4.20. The van der Waals surface area contributed by atoms with E-state index in [9.17, 15) is 4.39 Å². The molecule has 1 aliphatic heterocycles. The lowest BCUT2D eigenvalue weighted by molar-refractivity contribution is 0.537. The van der Waals surface area contributed by atoms with Gasteiger partial charge < -0.3 is 10.6 Å². The lowest BCUT2D eigenvalue weighted by Crippen LogP contribution is -2.34. The van der Waals surface area contributed by atoms with Crippen LogP contribution in [0.5, 0.6) is 0 Å². The van der Waals surface area contributed by atoms with Crippen molar-refractivity contribution in [1.82, 2.24) is 0 Å². The molecular formula is C14H19FN2. The second kappa shape index (κ2) is 3.98. The van der Waals surface area contributed by atoms with E-state index in [0.717, 1.165) is 23.7 Å². The van der Waals surface area contributed by atoms with Crippen molar-refractivity contribution in [3.8, 4) is 0 Å². The van der Waals surface area contributed by atoms with E-state index >= 15 is 0 Å². The molecule has 1 aromatic carbocycles. The lowest BCUT2D eigenvalue weighted by atomic mass is 10.0. The van der Waals surface area contributed by atoms with Gasteiger partial charge in [0.25, 0.3) is 0 Å². The summed E-state index contributed by atoms with van der Waals surface area (Å²) in [4.78, 5) is 2.25. The number of hydrogen-bond acceptors (Lipinski definition) is 2. The molecule has 92 valence electrons. The SMILES string of the molecule is C[C@@H](N)c1cccc(F)c1N1CC2CCC1C2. The van der Waals surface area contributed by atoms with Crippen molar-refractivity contribution in [2.75, 3.05) is 11.4 Å². The Morgan fingerprint density at radius 1 is 1.41 bits per heavy atom. The molecule has 1 saturated carbocycles. The van der Waals surface area contributed by atoms with Crippen LogP contribution >= 0.6 is 0 Å². The first-order valence-corrected chi connectivity index (χ1v) is 6.47. The van der Waals surface area contributed by atoms with Crippen LogP contribution in [0.1, 0.15) is 37.8 Å². The number of fused-ring (bicyclic) bond motifs is 2. The standard InChI is InChI=1S/C14H19FN2/c1-9(16)12-3-2-4-13(15)14(12)17-8-10-5-6-11(17)7-10/h2-4,9-11H,5-8,16H2,1H3/t9-,10?,11?/m1/s1. The van der Waals surface area contributed by atoms with Crippen molar-refractivity contribution in [3.63, 3.8) is 0 Å². The summed E-state index contributed by atoms with van der Waals surface area (Å²) in [5.41, 5.74) is 7.66. The summed E-state index contributed by atoms with van der Waals surface area (Å²) in [5, 5.41) is 0. The Kier molecular flexibility index (Phi) is 2.58. The molecule has 2 nitrogen and oxygen atoms in total. The largest absolute Gasteiger partial charge is 0.366 e. The third-order valence-electron chi connectivity index (χ3n) is 4.20. The van der Waals surface area contributed by atoms with Gasteiger partial charge in [-0.3, -0.25) is 0 Å². The van der Waals surface area contributed by atoms with Crippen molar-refractivity contribution >= 4 is 5.69 Å². The molecule has 3 heteroatoms. The summed E-state index contributed by atoms with van der Waals surface area (Å²) in [6.07, 6.45) is 3.74. The van der Waals surface area contributed by atoms with Gasteiger partial charge in [-0.05, 0) is 43.7 Å². The third kappa shape index (κ3) is 1.73. The monoisotopic (exact) mass is 234 g/mol. The molecule has 3 rings (SSSR count). The van der Waals surface area contributed by atoms with Crippen molar-refractivity contribution in [1.29, 1.82) is 0 Å². The van der Waals surface area contributed by atoms with Crippen molar-refractivity contribution in [2.24, 2.45) is 11.7 Å². The van der Waals surface area contributed by atoms with Crippen LogP contribution in [0.4, 0.5) is 10.1 Å². The number of benzene rings is 1. The minimum Gasteiger partial charge on any atom is -0.366 e. The first-order chi connectivity index (χ1) is 8.16. The number of para-hydroxylation sites is 1. The highest BCUT2D eigenvalue weighted by Crippen LogP contribution is 2.42. The van der Waals surface area contributed by atoms with Gasteiger partial charge in [-0.2, -0.15) is 0 Å². The fourth-order valence-corrected chi connectivity index (χ4v) is 3.40. The van der Waals surface area contributed by atoms with Crippen LogP contribution < -0.4 is 10.6 Å². The molecule has 2 aliphatic rings. The summed E-state index contributed by atoms with van der Waals surface area (Å²) >= 11 is 0. The van der Waals surface area contributed by atoms with Crippen molar-refractivity contribution in [3.05, 3.63) is 29.6 Å². The molecule has 0 radical (unpaired) electrons. The molecule has 3 atom stereocenters. The number of anilines is 1. The number of nitrogens with two attached hydrogens (primary N) is 1. The van der Waals surface area contributed by atoms with Crippen LogP contribution in [0.15, 0.2) is 18.2 Å². The van der Waals surface area contributed by atoms with Gasteiger partial charge in [-0.15, -0.1) is 0 Å². The summed E-state index contributed by atoms with van der Waals surface area (Å²) in [6, 6.07) is 5.68. The Balaban J connectivity index is 2.02. The smallest absolute Gasteiger partial charge is 0.146 e. The maximum absolute atomic E-state index is 14.1. The van der Waals surface area contributed by atoms with Crippen LogP contribution in [0, 0.1) is 11.7 Å². The van der Waals surface area contributed by atoms with E-state index in [-0.39, 0.29) is 11.9 Å². The fourth-order valence-electron chi connectivity index (χ4n) is 3.40. The summed E-state index contributed by atoms with van der Waals surface area (Å²) in [5.74, 6) is 0.646. The number of hydrogen-bond donors (Lipinski definition) is 1. The van der Waals surface area contributed by atoms with Gasteiger partial charge >= 0.3 is 0 Å². The van der Waals surface area contributed by atoms with Crippen LogP contribution in [-0.2, 0) is 0 Å². The maximum Gasteiger partial charge on any atom is 0.146 e. The first-order valence-electron chi connectivity index (χ1n) is 6.47. The Hall–Kier alpha value is -1.09. The van der Waals surface area contributed by atoms with E-state index in [4.69, 9.17) is 5.73 Å². The fraction of sp³-hybridized carbons (Fsp3) is 0.571. The average molecular weight is 234 g/mol. The Labute approximate surface area is 102 Å². The zero-order valence-electron chi connectivity index (χ0n) is 10.2. The van der Waals surface area contributed by atoms with Crippen LogP contribution in [-0.4, -0.2) is 12.6 Å². The van der Waals surface area contributed by atoms with E-state index in [2.05, 4.69) is 4.90 Å². The van der Waals surface area contributed by atoms with E-state index in [1.165, 1.54) is 19.3 Å². The first kappa shape index (κ1) is 11.0. The van der Waals surface area contributed by atoms with Crippen molar-refractivity contribution < 1.29 is 4.39 Å². The Bertz CT molecular complexity index is 430. The van der Waals surface area contributed by atoms with Crippen LogP contribution in [0.2, 0.25) is 0 Å². The Morgan fingerprint density at radius 3 is 2.82 bits per heavy atom. The maximum atomic E-state index is 14.1. The number of halogens is 1. The van der Waals surface area contributed by atoms with Gasteiger partial charge in [-0.25, -0.2) is 4.39 Å². The van der Waals surface area contributed by atoms with E-state index in [0.29, 0.717) is 6.04 Å². The second-order valence-corrected chi connectivity index (χ2v) is 5.45. The van der Waals surface area contributed by atoms with Crippen molar-refractivity contribution in [2.45, 2.75) is 38.3 Å². The highest BCUT2D eigenvalue weighted by Gasteiger charge is 2.39. The Morgan fingerprint density at radius 2 is 2.24 bits per heavy atom. The lowest BCUT2D eigenvalue weighted by Gasteiger charge is -2.32. The molecule has 2 N–H and O–H groups in total. The topological polar surface area (TPSA) is 29.3 Å². The predicted octanol–water partition coefficient (Wildman–Crippen LogP) is 2.83. The zero-order chi connectivity index (χ0) is 12.0. The molecule has 17 heavy (non-hydrogen) atoms. The van der Waals surface area contributed by atoms with E-state index in [1.807, 2.05) is 13.0 Å². The van der Waals surface area contributed by atoms with Gasteiger partial charge in [0.1, 0.15) is 5.82 Å². The molecule has 0 spiro atoms. The molecule has 2 bridgehead atoms. The minimum absolute atomic E-state index is 0.111. The van der Waals surface area contributed by atoms with Gasteiger partial charge in [-0.1, -0.05) is 12.1 Å². The molecule has 0 amide bonds. The van der Waals surface area contributed by atoms with Gasteiger partial charge in [0.2, 0.25) is 0 Å². The van der Waals surface area contributed by atoms with Crippen LogP contribution in [0.25, 0.3) is 0 Å². The molecule has 1 aromatic rings. The molecular weight excluding hydrogens is 215 g/mol. The average Bonchev–Trinajstić information content (AvgIpc) is 2.90. The van der Waals surface area contributed by atoms with E-state index in [1.54, 1.807) is 12.1 Å². The number of nitrogens with zero attached hydrogens (tertiary/aromatic N) is 1. The quantitative estimate of drug-likeness (QED) is 0.852. The minimum atomic E-state index is -0.118. The number of rotatable bonds is 2. The van der Waals surface area contributed by atoms with Gasteiger partial charge in [0.05, 0.1) is 5.69 Å². The van der Waals surface area contributed by atoms with Gasteiger partial charge in [0, 0.05) is 18.6 Å². The van der Waals surface area contributed by atoms with Crippen LogP contribution in [0.3, 0.4) is 0 Å². The predicted molar refractivity (Wildman–Crippen MR) is 67.5 cm³/mol. The normalized spacial score (nSPS) is 28.8. The molecule has 2 unspecified atom stereocenters. The molecule has 2 fully saturated rings. The summed E-state index contributed by atoms with van der Waals surface area (Å²) < 4.78 is 14.1. The number of piperidine rings is 1. The second-order valence-electron chi connectivity index (χ2n) is 5.45. The highest BCUT2D eigenvalue weighted by atomic mass is 19.1.